The highest BCUT2D eigenvalue weighted by molar-refractivity contribution is 5.49. The standard InChI is InChI=1S/C15H22/c1-3-5-6-7-8-9-15-12-10-14(4-2)11-13-15/h8-13H,3-7H2,1-2H3/b9-8+. The molecular weight excluding hydrogens is 180 g/mol. The van der Waals surface area contributed by atoms with Crippen molar-refractivity contribution in [3.05, 3.63) is 41.5 Å². The van der Waals surface area contributed by atoms with E-state index in [1.165, 1.54) is 36.8 Å². The highest BCUT2D eigenvalue weighted by atomic mass is 13.9. The minimum Gasteiger partial charge on any atom is -0.0839 e. The molecule has 0 unspecified atom stereocenters. The Labute approximate surface area is 94.0 Å². The molecule has 1 aromatic rings. The molecule has 0 N–H and O–H groups in total. The molecule has 82 valence electrons. The van der Waals surface area contributed by atoms with Gasteiger partial charge in [-0.2, -0.15) is 0 Å². The van der Waals surface area contributed by atoms with Crippen LogP contribution in [0, 0.1) is 0 Å². The van der Waals surface area contributed by atoms with Crippen LogP contribution >= 0.6 is 0 Å². The van der Waals surface area contributed by atoms with Crippen LogP contribution in [0.5, 0.6) is 0 Å². The summed E-state index contributed by atoms with van der Waals surface area (Å²) in [6.07, 6.45) is 10.8. The zero-order valence-electron chi connectivity index (χ0n) is 10.00. The monoisotopic (exact) mass is 202 g/mol. The normalized spacial score (nSPS) is 11.1. The molecule has 0 aliphatic rings. The summed E-state index contributed by atoms with van der Waals surface area (Å²) in [5.41, 5.74) is 2.74. The molecule has 1 rings (SSSR count). The Morgan fingerprint density at radius 1 is 1.00 bits per heavy atom. The summed E-state index contributed by atoms with van der Waals surface area (Å²) in [6.45, 7) is 4.43. The zero-order chi connectivity index (χ0) is 10.9. The molecule has 0 fully saturated rings. The largest absolute Gasteiger partial charge is 0.0839 e. The molecule has 0 aliphatic heterocycles. The van der Waals surface area contributed by atoms with Crippen molar-refractivity contribution in [3.8, 4) is 0 Å². The smallest absolute Gasteiger partial charge is 0.0260 e. The lowest BCUT2D eigenvalue weighted by Gasteiger charge is -1.97. The lowest BCUT2D eigenvalue weighted by Crippen LogP contribution is -1.79. The molecular formula is C15H22. The predicted octanol–water partition coefficient (Wildman–Crippen LogP) is 4.84. The van der Waals surface area contributed by atoms with E-state index in [1.54, 1.807) is 0 Å². The Kier molecular flexibility index (Phi) is 5.84. The average Bonchev–Trinajstić information content (AvgIpc) is 2.30. The van der Waals surface area contributed by atoms with E-state index >= 15 is 0 Å². The maximum atomic E-state index is 2.29. The van der Waals surface area contributed by atoms with Crippen LogP contribution in [0.4, 0.5) is 0 Å². The molecule has 1 aromatic carbocycles. The molecule has 0 nitrogen and oxygen atoms in total. The van der Waals surface area contributed by atoms with Gasteiger partial charge in [-0.3, -0.25) is 0 Å². The van der Waals surface area contributed by atoms with E-state index < -0.39 is 0 Å². The fourth-order valence-electron chi connectivity index (χ4n) is 1.60. The number of hydrogen-bond donors (Lipinski definition) is 0. The molecule has 0 saturated heterocycles. The van der Waals surface area contributed by atoms with E-state index in [0.717, 1.165) is 6.42 Å². The van der Waals surface area contributed by atoms with Gasteiger partial charge in [-0.05, 0) is 30.4 Å². The Hall–Kier alpha value is -1.04. The number of unbranched alkanes of at least 4 members (excludes halogenated alkanes) is 3. The van der Waals surface area contributed by atoms with Crippen molar-refractivity contribution < 1.29 is 0 Å². The second-order valence-electron chi connectivity index (χ2n) is 3.99. The second-order valence-corrected chi connectivity index (χ2v) is 3.99. The maximum absolute atomic E-state index is 2.29. The highest BCUT2D eigenvalue weighted by Crippen LogP contribution is 2.08. The quantitative estimate of drug-likeness (QED) is 0.579. The van der Waals surface area contributed by atoms with Crippen molar-refractivity contribution in [2.24, 2.45) is 0 Å². The minimum atomic E-state index is 1.13. The SMILES string of the molecule is CCCCC/C=C/c1ccc(CC)cc1. The van der Waals surface area contributed by atoms with E-state index in [-0.39, 0.29) is 0 Å². The highest BCUT2D eigenvalue weighted by Gasteiger charge is 1.88. The summed E-state index contributed by atoms with van der Waals surface area (Å²) in [5.74, 6) is 0. The van der Waals surface area contributed by atoms with Crippen LogP contribution in [-0.4, -0.2) is 0 Å². The van der Waals surface area contributed by atoms with E-state index in [9.17, 15) is 0 Å². The van der Waals surface area contributed by atoms with E-state index in [2.05, 4.69) is 50.3 Å². The topological polar surface area (TPSA) is 0 Å². The van der Waals surface area contributed by atoms with Crippen LogP contribution in [0.15, 0.2) is 30.3 Å². The summed E-state index contributed by atoms with van der Waals surface area (Å²) in [5, 5.41) is 0. The molecule has 0 radical (unpaired) electrons. The number of hydrogen-bond acceptors (Lipinski definition) is 0. The van der Waals surface area contributed by atoms with E-state index in [1.807, 2.05) is 0 Å². The molecule has 0 aromatic heterocycles. The third-order valence-electron chi connectivity index (χ3n) is 2.67. The Morgan fingerprint density at radius 3 is 2.33 bits per heavy atom. The van der Waals surface area contributed by atoms with E-state index in [0.29, 0.717) is 0 Å². The van der Waals surface area contributed by atoms with Gasteiger partial charge < -0.3 is 0 Å². The fourth-order valence-corrected chi connectivity index (χ4v) is 1.60. The van der Waals surface area contributed by atoms with Crippen LogP contribution in [0.2, 0.25) is 0 Å². The molecule has 0 heteroatoms. The van der Waals surface area contributed by atoms with Gasteiger partial charge in [0.2, 0.25) is 0 Å². The predicted molar refractivity (Wildman–Crippen MR) is 69.0 cm³/mol. The van der Waals surface area contributed by atoms with Gasteiger partial charge in [0.1, 0.15) is 0 Å². The molecule has 15 heavy (non-hydrogen) atoms. The lowest BCUT2D eigenvalue weighted by atomic mass is 10.1. The lowest BCUT2D eigenvalue weighted by molar-refractivity contribution is 0.730. The van der Waals surface area contributed by atoms with Crippen LogP contribution in [0.3, 0.4) is 0 Å². The van der Waals surface area contributed by atoms with Crippen molar-refractivity contribution in [2.75, 3.05) is 0 Å². The number of rotatable bonds is 6. The Balaban J connectivity index is 2.36. The van der Waals surface area contributed by atoms with Crippen molar-refractivity contribution in [2.45, 2.75) is 46.0 Å². The summed E-state index contributed by atoms with van der Waals surface area (Å²) in [4.78, 5) is 0. The Bertz CT molecular complexity index is 279. The number of allylic oxidation sites excluding steroid dienone is 1. The van der Waals surface area contributed by atoms with Crippen molar-refractivity contribution in [1.82, 2.24) is 0 Å². The van der Waals surface area contributed by atoms with Gasteiger partial charge in [-0.1, -0.05) is 63.1 Å². The molecule has 0 heterocycles. The molecule has 0 bridgehead atoms. The van der Waals surface area contributed by atoms with Crippen molar-refractivity contribution in [3.63, 3.8) is 0 Å². The maximum Gasteiger partial charge on any atom is -0.0260 e. The Morgan fingerprint density at radius 2 is 1.73 bits per heavy atom. The van der Waals surface area contributed by atoms with Gasteiger partial charge in [-0.15, -0.1) is 0 Å². The van der Waals surface area contributed by atoms with Crippen LogP contribution in [0.25, 0.3) is 6.08 Å². The summed E-state index contributed by atoms with van der Waals surface area (Å²) < 4.78 is 0. The third-order valence-corrected chi connectivity index (χ3v) is 2.67. The third kappa shape index (κ3) is 4.83. The molecule has 0 atom stereocenters. The molecule has 0 aliphatic carbocycles. The molecule has 0 spiro atoms. The second kappa shape index (κ2) is 7.28. The van der Waals surface area contributed by atoms with Crippen LogP contribution in [-0.2, 0) is 6.42 Å². The minimum absolute atomic E-state index is 1.13. The number of benzene rings is 1. The van der Waals surface area contributed by atoms with Gasteiger partial charge in [-0.25, -0.2) is 0 Å². The fraction of sp³-hybridized carbons (Fsp3) is 0.467. The van der Waals surface area contributed by atoms with Gasteiger partial charge in [0.25, 0.3) is 0 Å². The molecule has 0 amide bonds. The summed E-state index contributed by atoms with van der Waals surface area (Å²) in [7, 11) is 0. The van der Waals surface area contributed by atoms with Gasteiger partial charge in [0, 0.05) is 0 Å². The first-order valence-electron chi connectivity index (χ1n) is 6.12. The van der Waals surface area contributed by atoms with Crippen LogP contribution < -0.4 is 0 Å². The average molecular weight is 202 g/mol. The van der Waals surface area contributed by atoms with E-state index in [4.69, 9.17) is 0 Å². The van der Waals surface area contributed by atoms with Gasteiger partial charge >= 0.3 is 0 Å². The first-order chi connectivity index (χ1) is 7.36. The number of aryl methyl sites for hydroxylation is 1. The zero-order valence-corrected chi connectivity index (χ0v) is 10.00. The van der Waals surface area contributed by atoms with Gasteiger partial charge in [0.05, 0.1) is 0 Å². The summed E-state index contributed by atoms with van der Waals surface area (Å²) in [6, 6.07) is 8.84. The van der Waals surface area contributed by atoms with Crippen molar-refractivity contribution >= 4 is 6.08 Å². The van der Waals surface area contributed by atoms with Crippen molar-refractivity contribution in [1.29, 1.82) is 0 Å². The first-order valence-corrected chi connectivity index (χ1v) is 6.12. The first kappa shape index (κ1) is 12.0. The molecule has 0 saturated carbocycles. The summed E-state index contributed by atoms with van der Waals surface area (Å²) >= 11 is 0. The van der Waals surface area contributed by atoms with Gasteiger partial charge in [0.15, 0.2) is 0 Å². The van der Waals surface area contributed by atoms with Crippen LogP contribution in [0.1, 0.15) is 50.7 Å².